The molecule has 0 aromatic carbocycles. The van der Waals surface area contributed by atoms with E-state index in [9.17, 15) is 9.59 Å². The summed E-state index contributed by atoms with van der Waals surface area (Å²) in [5.74, 6) is 0.328. The number of nitrogens with zero attached hydrogens (tertiary/aromatic N) is 1. The van der Waals surface area contributed by atoms with Crippen molar-refractivity contribution in [2.24, 2.45) is 12.8 Å². The lowest BCUT2D eigenvalue weighted by atomic mass is 10.3. The Morgan fingerprint density at radius 2 is 2.28 bits per heavy atom. The number of amides is 2. The third kappa shape index (κ3) is 4.54. The zero-order valence-electron chi connectivity index (χ0n) is 10.7. The molecule has 1 heterocycles. The summed E-state index contributed by atoms with van der Waals surface area (Å²) < 4.78 is 1.67. The number of aryl methyl sites for hydroxylation is 1. The number of hydrogen-bond acceptors (Lipinski definition) is 4. The predicted molar refractivity (Wildman–Crippen MR) is 73.5 cm³/mol. The first-order valence-electron chi connectivity index (χ1n) is 5.83. The number of carbonyl (C=O) groups excluding carboxylic acids is 2. The summed E-state index contributed by atoms with van der Waals surface area (Å²) in [6.07, 6.45) is 2.64. The van der Waals surface area contributed by atoms with E-state index in [0.29, 0.717) is 5.69 Å². The van der Waals surface area contributed by atoms with Crippen molar-refractivity contribution < 1.29 is 9.59 Å². The molecule has 1 unspecified atom stereocenters. The molecule has 3 N–H and O–H groups in total. The van der Waals surface area contributed by atoms with E-state index >= 15 is 0 Å². The molecular weight excluding hydrogens is 250 g/mol. The Kier molecular flexibility index (Phi) is 5.94. The van der Waals surface area contributed by atoms with Crippen LogP contribution in [0.1, 0.15) is 23.8 Å². The number of thioether (sulfide) groups is 1. The molecule has 0 aliphatic carbocycles. The van der Waals surface area contributed by atoms with Crippen LogP contribution in [0.15, 0.2) is 18.3 Å². The number of aromatic nitrogens is 1. The van der Waals surface area contributed by atoms with Gasteiger partial charge >= 0.3 is 0 Å². The SMILES string of the molecule is CCC(N)CSCC(=O)NC(=O)c1cccn1C. The highest BCUT2D eigenvalue weighted by molar-refractivity contribution is 8.00. The molecule has 18 heavy (non-hydrogen) atoms. The van der Waals surface area contributed by atoms with Crippen molar-refractivity contribution in [2.45, 2.75) is 19.4 Å². The van der Waals surface area contributed by atoms with Crippen LogP contribution in [0.4, 0.5) is 0 Å². The van der Waals surface area contributed by atoms with Crippen molar-refractivity contribution in [2.75, 3.05) is 11.5 Å². The minimum Gasteiger partial charge on any atom is -0.347 e. The summed E-state index contributed by atoms with van der Waals surface area (Å²) >= 11 is 1.44. The molecule has 0 radical (unpaired) electrons. The second-order valence-corrected chi connectivity index (χ2v) is 5.10. The number of rotatable bonds is 6. The van der Waals surface area contributed by atoms with Crippen molar-refractivity contribution in [1.82, 2.24) is 9.88 Å². The smallest absolute Gasteiger partial charge is 0.274 e. The van der Waals surface area contributed by atoms with E-state index in [2.05, 4.69) is 5.32 Å². The van der Waals surface area contributed by atoms with Gasteiger partial charge in [0.05, 0.1) is 5.75 Å². The van der Waals surface area contributed by atoms with E-state index in [0.717, 1.165) is 12.2 Å². The first-order chi connectivity index (χ1) is 8.54. The first-order valence-corrected chi connectivity index (χ1v) is 6.99. The van der Waals surface area contributed by atoms with Gasteiger partial charge < -0.3 is 10.3 Å². The van der Waals surface area contributed by atoms with Crippen LogP contribution in [0.3, 0.4) is 0 Å². The van der Waals surface area contributed by atoms with E-state index in [1.165, 1.54) is 11.8 Å². The van der Waals surface area contributed by atoms with Crippen molar-refractivity contribution in [3.05, 3.63) is 24.0 Å². The van der Waals surface area contributed by atoms with Gasteiger partial charge in [0.1, 0.15) is 5.69 Å². The molecule has 6 heteroatoms. The van der Waals surface area contributed by atoms with E-state index in [1.807, 2.05) is 6.92 Å². The minimum atomic E-state index is -0.368. The van der Waals surface area contributed by atoms with Crippen LogP contribution in [0.25, 0.3) is 0 Å². The van der Waals surface area contributed by atoms with Crippen LogP contribution in [0.5, 0.6) is 0 Å². The molecular formula is C12H19N3O2S. The third-order valence-corrected chi connectivity index (χ3v) is 3.65. The lowest BCUT2D eigenvalue weighted by Crippen LogP contribution is -2.33. The summed E-state index contributed by atoms with van der Waals surface area (Å²) in [6.45, 7) is 2.00. The van der Waals surface area contributed by atoms with E-state index in [1.54, 1.807) is 29.9 Å². The quantitative estimate of drug-likeness (QED) is 0.799. The number of carbonyl (C=O) groups is 2. The molecule has 0 spiro atoms. The lowest BCUT2D eigenvalue weighted by molar-refractivity contribution is -0.117. The molecule has 1 aromatic heterocycles. The summed E-state index contributed by atoms with van der Waals surface area (Å²) in [4.78, 5) is 23.2. The van der Waals surface area contributed by atoms with Crippen molar-refractivity contribution in [3.63, 3.8) is 0 Å². The molecule has 1 atom stereocenters. The summed E-state index contributed by atoms with van der Waals surface area (Å²) in [5.41, 5.74) is 6.21. The highest BCUT2D eigenvalue weighted by atomic mass is 32.2. The van der Waals surface area contributed by atoms with Crippen LogP contribution < -0.4 is 11.1 Å². The molecule has 0 bridgehead atoms. The molecule has 0 aliphatic heterocycles. The maximum absolute atomic E-state index is 11.7. The van der Waals surface area contributed by atoms with Crippen LogP contribution >= 0.6 is 11.8 Å². The Morgan fingerprint density at radius 3 is 2.83 bits per heavy atom. The van der Waals surface area contributed by atoms with Gasteiger partial charge in [-0.25, -0.2) is 0 Å². The number of nitrogens with one attached hydrogen (secondary N) is 1. The van der Waals surface area contributed by atoms with Gasteiger partial charge in [-0.05, 0) is 18.6 Å². The van der Waals surface area contributed by atoms with Gasteiger partial charge in [-0.1, -0.05) is 6.92 Å². The highest BCUT2D eigenvalue weighted by Crippen LogP contribution is 2.04. The molecule has 1 aromatic rings. The second-order valence-electron chi connectivity index (χ2n) is 4.07. The normalized spacial score (nSPS) is 12.2. The van der Waals surface area contributed by atoms with Crippen LogP contribution in [0, 0.1) is 0 Å². The van der Waals surface area contributed by atoms with Gasteiger partial charge in [0.25, 0.3) is 5.91 Å². The fourth-order valence-electron chi connectivity index (χ4n) is 1.34. The van der Waals surface area contributed by atoms with Crippen LogP contribution in [-0.4, -0.2) is 33.9 Å². The maximum Gasteiger partial charge on any atom is 0.274 e. The van der Waals surface area contributed by atoms with E-state index in [4.69, 9.17) is 5.73 Å². The summed E-state index contributed by atoms with van der Waals surface area (Å²) in [7, 11) is 1.76. The van der Waals surface area contributed by atoms with Crippen molar-refractivity contribution in [3.8, 4) is 0 Å². The fourth-order valence-corrected chi connectivity index (χ4v) is 2.26. The average Bonchev–Trinajstić information content (AvgIpc) is 2.75. The van der Waals surface area contributed by atoms with Gasteiger partial charge in [-0.3, -0.25) is 14.9 Å². The Labute approximate surface area is 111 Å². The monoisotopic (exact) mass is 269 g/mol. The van der Waals surface area contributed by atoms with Gasteiger partial charge in [-0.2, -0.15) is 11.8 Å². The van der Waals surface area contributed by atoms with Gasteiger partial charge in [0.2, 0.25) is 5.91 Å². The van der Waals surface area contributed by atoms with Crippen LogP contribution in [0.2, 0.25) is 0 Å². The Morgan fingerprint density at radius 1 is 1.56 bits per heavy atom. The zero-order chi connectivity index (χ0) is 13.5. The molecule has 0 fully saturated rings. The molecule has 1 rings (SSSR count). The van der Waals surface area contributed by atoms with Gasteiger partial charge in [0.15, 0.2) is 0 Å². The number of imide groups is 1. The topological polar surface area (TPSA) is 77.1 Å². The third-order valence-electron chi connectivity index (χ3n) is 2.52. The molecule has 0 aliphatic rings. The molecule has 100 valence electrons. The van der Waals surface area contributed by atoms with Crippen molar-refractivity contribution in [1.29, 1.82) is 0 Å². The number of nitrogens with two attached hydrogens (primary N) is 1. The number of hydrogen-bond donors (Lipinski definition) is 2. The average molecular weight is 269 g/mol. The Hall–Kier alpha value is -1.27. The minimum absolute atomic E-state index is 0.103. The first kappa shape index (κ1) is 14.8. The molecule has 0 saturated heterocycles. The molecule has 0 saturated carbocycles. The molecule has 5 nitrogen and oxygen atoms in total. The van der Waals surface area contributed by atoms with Gasteiger partial charge in [0, 0.05) is 25.0 Å². The van der Waals surface area contributed by atoms with E-state index in [-0.39, 0.29) is 23.6 Å². The lowest BCUT2D eigenvalue weighted by Gasteiger charge is -2.08. The van der Waals surface area contributed by atoms with Crippen molar-refractivity contribution >= 4 is 23.6 Å². The standard InChI is InChI=1S/C12H19N3O2S/c1-3-9(13)7-18-8-11(16)14-12(17)10-5-4-6-15(10)2/h4-6,9H,3,7-8,13H2,1-2H3,(H,14,16,17). The summed E-state index contributed by atoms with van der Waals surface area (Å²) in [5, 5.41) is 2.35. The molecule has 2 amide bonds. The van der Waals surface area contributed by atoms with Crippen LogP contribution in [-0.2, 0) is 11.8 Å². The second kappa shape index (κ2) is 7.23. The van der Waals surface area contributed by atoms with Gasteiger partial charge in [-0.15, -0.1) is 0 Å². The Balaban J connectivity index is 2.33. The largest absolute Gasteiger partial charge is 0.347 e. The Bertz CT molecular complexity index is 417. The van der Waals surface area contributed by atoms with E-state index < -0.39 is 0 Å². The predicted octanol–water partition coefficient (Wildman–Crippen LogP) is 0.752. The fraction of sp³-hybridized carbons (Fsp3) is 0.500. The highest BCUT2D eigenvalue weighted by Gasteiger charge is 2.12. The summed E-state index contributed by atoms with van der Waals surface area (Å²) in [6, 6.07) is 3.53. The zero-order valence-corrected chi connectivity index (χ0v) is 11.5. The maximum atomic E-state index is 11.7.